The van der Waals surface area contributed by atoms with Gasteiger partial charge in [-0.15, -0.1) is 0 Å². The molecule has 0 unspecified atom stereocenters. The van der Waals surface area contributed by atoms with Crippen molar-refractivity contribution in [2.45, 2.75) is 20.0 Å². The standard InChI is InChI=1S/C14H16N4O2/c1-9(2)20-14(19)11-7-16-8-18-13(11)10-4-5-12(15-3)17-6-10/h4-9H,1-3H3,(H,15,17). The summed E-state index contributed by atoms with van der Waals surface area (Å²) in [6.07, 6.45) is 4.31. The van der Waals surface area contributed by atoms with E-state index < -0.39 is 5.97 Å². The van der Waals surface area contributed by atoms with Gasteiger partial charge >= 0.3 is 5.97 Å². The first kappa shape index (κ1) is 13.9. The first-order valence-corrected chi connectivity index (χ1v) is 6.27. The number of aromatic nitrogens is 3. The second kappa shape index (κ2) is 6.10. The summed E-state index contributed by atoms with van der Waals surface area (Å²) in [7, 11) is 1.79. The Balaban J connectivity index is 2.38. The van der Waals surface area contributed by atoms with E-state index in [2.05, 4.69) is 20.3 Å². The maximum Gasteiger partial charge on any atom is 0.342 e. The third-order valence-corrected chi connectivity index (χ3v) is 2.57. The number of anilines is 1. The van der Waals surface area contributed by atoms with Gasteiger partial charge in [0.15, 0.2) is 0 Å². The number of hydrogen-bond donors (Lipinski definition) is 1. The highest BCUT2D eigenvalue weighted by atomic mass is 16.5. The maximum absolute atomic E-state index is 12.0. The van der Waals surface area contributed by atoms with Crippen LogP contribution in [-0.4, -0.2) is 34.1 Å². The molecule has 0 saturated carbocycles. The molecule has 0 aromatic carbocycles. The number of carbonyl (C=O) groups is 1. The van der Waals surface area contributed by atoms with Gasteiger partial charge in [0.1, 0.15) is 17.7 Å². The van der Waals surface area contributed by atoms with E-state index in [0.717, 1.165) is 11.4 Å². The zero-order valence-electron chi connectivity index (χ0n) is 11.6. The first-order chi connectivity index (χ1) is 9.61. The minimum atomic E-state index is -0.437. The van der Waals surface area contributed by atoms with Crippen LogP contribution in [0.5, 0.6) is 0 Å². The van der Waals surface area contributed by atoms with Crippen molar-refractivity contribution >= 4 is 11.8 Å². The normalized spacial score (nSPS) is 10.4. The van der Waals surface area contributed by atoms with Crippen LogP contribution in [0.4, 0.5) is 5.82 Å². The number of rotatable bonds is 4. The van der Waals surface area contributed by atoms with Crippen LogP contribution in [0.3, 0.4) is 0 Å². The van der Waals surface area contributed by atoms with Crippen molar-refractivity contribution in [3.63, 3.8) is 0 Å². The highest BCUT2D eigenvalue weighted by Crippen LogP contribution is 2.21. The van der Waals surface area contributed by atoms with Crippen molar-refractivity contribution < 1.29 is 9.53 Å². The molecule has 2 heterocycles. The third-order valence-electron chi connectivity index (χ3n) is 2.57. The molecule has 6 heteroatoms. The van der Waals surface area contributed by atoms with Gasteiger partial charge in [0.25, 0.3) is 0 Å². The molecule has 0 fully saturated rings. The highest BCUT2D eigenvalue weighted by Gasteiger charge is 2.17. The summed E-state index contributed by atoms with van der Waals surface area (Å²) in [5.74, 6) is 0.308. The molecule has 0 spiro atoms. The lowest BCUT2D eigenvalue weighted by atomic mass is 10.1. The maximum atomic E-state index is 12.0. The number of ether oxygens (including phenoxy) is 1. The molecule has 0 aliphatic rings. The quantitative estimate of drug-likeness (QED) is 0.859. The topological polar surface area (TPSA) is 77.0 Å². The molecule has 0 bridgehead atoms. The van der Waals surface area contributed by atoms with Crippen molar-refractivity contribution in [3.8, 4) is 11.3 Å². The van der Waals surface area contributed by atoms with E-state index in [1.807, 2.05) is 12.1 Å². The van der Waals surface area contributed by atoms with Crippen molar-refractivity contribution in [3.05, 3.63) is 36.4 Å². The van der Waals surface area contributed by atoms with E-state index >= 15 is 0 Å². The number of pyridine rings is 1. The van der Waals surface area contributed by atoms with Crippen LogP contribution in [0, 0.1) is 0 Å². The van der Waals surface area contributed by atoms with Crippen LogP contribution in [-0.2, 0) is 4.74 Å². The molecule has 0 aliphatic heterocycles. The van der Waals surface area contributed by atoms with Gasteiger partial charge in [-0.1, -0.05) is 0 Å². The summed E-state index contributed by atoms with van der Waals surface area (Å²) in [6.45, 7) is 3.59. The van der Waals surface area contributed by atoms with Gasteiger partial charge in [0.2, 0.25) is 0 Å². The molecule has 6 nitrogen and oxygen atoms in total. The summed E-state index contributed by atoms with van der Waals surface area (Å²) in [5, 5.41) is 2.93. The van der Waals surface area contributed by atoms with Crippen molar-refractivity contribution in [1.82, 2.24) is 15.0 Å². The molecule has 0 radical (unpaired) electrons. The van der Waals surface area contributed by atoms with Crippen LogP contribution >= 0.6 is 0 Å². The smallest absolute Gasteiger partial charge is 0.342 e. The van der Waals surface area contributed by atoms with E-state index in [-0.39, 0.29) is 6.10 Å². The molecule has 2 rings (SSSR count). The molecule has 2 aromatic heterocycles. The fraction of sp³-hybridized carbons (Fsp3) is 0.286. The third kappa shape index (κ3) is 3.09. The highest BCUT2D eigenvalue weighted by molar-refractivity contribution is 5.95. The molecular formula is C14H16N4O2. The SMILES string of the molecule is CNc1ccc(-c2ncncc2C(=O)OC(C)C)cn1. The van der Waals surface area contributed by atoms with E-state index in [4.69, 9.17) is 4.74 Å². The molecular weight excluding hydrogens is 256 g/mol. The second-order valence-corrected chi connectivity index (χ2v) is 4.42. The van der Waals surface area contributed by atoms with Gasteiger partial charge < -0.3 is 10.1 Å². The lowest BCUT2D eigenvalue weighted by molar-refractivity contribution is 0.0378. The monoisotopic (exact) mass is 272 g/mol. The predicted molar refractivity (Wildman–Crippen MR) is 75.4 cm³/mol. The van der Waals surface area contributed by atoms with Gasteiger partial charge in [-0.05, 0) is 26.0 Å². The van der Waals surface area contributed by atoms with Crippen LogP contribution in [0.15, 0.2) is 30.9 Å². The molecule has 0 amide bonds. The van der Waals surface area contributed by atoms with E-state index in [1.165, 1.54) is 12.5 Å². The Kier molecular flexibility index (Phi) is 4.24. The molecule has 104 valence electrons. The van der Waals surface area contributed by atoms with Crippen LogP contribution in [0.25, 0.3) is 11.3 Å². The number of nitrogens with zero attached hydrogens (tertiary/aromatic N) is 3. The molecule has 0 saturated heterocycles. The summed E-state index contributed by atoms with van der Waals surface area (Å²) in [6, 6.07) is 3.66. The zero-order chi connectivity index (χ0) is 14.5. The van der Waals surface area contributed by atoms with Crippen molar-refractivity contribution in [2.24, 2.45) is 0 Å². The van der Waals surface area contributed by atoms with Gasteiger partial charge in [-0.3, -0.25) is 0 Å². The number of hydrogen-bond acceptors (Lipinski definition) is 6. The van der Waals surface area contributed by atoms with Crippen molar-refractivity contribution in [2.75, 3.05) is 12.4 Å². The fourth-order valence-corrected chi connectivity index (χ4v) is 1.67. The van der Waals surface area contributed by atoms with Gasteiger partial charge in [0.05, 0.1) is 11.8 Å². The van der Waals surface area contributed by atoms with E-state index in [9.17, 15) is 4.79 Å². The largest absolute Gasteiger partial charge is 0.459 e. The molecule has 1 N–H and O–H groups in total. The number of nitrogens with one attached hydrogen (secondary N) is 1. The Hall–Kier alpha value is -2.50. The van der Waals surface area contributed by atoms with Crippen LogP contribution < -0.4 is 5.32 Å². The van der Waals surface area contributed by atoms with Crippen LogP contribution in [0.2, 0.25) is 0 Å². The summed E-state index contributed by atoms with van der Waals surface area (Å²) >= 11 is 0. The van der Waals surface area contributed by atoms with E-state index in [0.29, 0.717) is 11.3 Å². The zero-order valence-corrected chi connectivity index (χ0v) is 11.6. The summed E-state index contributed by atoms with van der Waals surface area (Å²) in [5.41, 5.74) is 1.59. The predicted octanol–water partition coefficient (Wildman–Crippen LogP) is 2.15. The average molecular weight is 272 g/mol. The van der Waals surface area contributed by atoms with E-state index in [1.54, 1.807) is 27.1 Å². The molecule has 0 atom stereocenters. The van der Waals surface area contributed by atoms with Gasteiger partial charge in [-0.2, -0.15) is 0 Å². The molecule has 2 aromatic rings. The molecule has 0 aliphatic carbocycles. The first-order valence-electron chi connectivity index (χ1n) is 6.27. The summed E-state index contributed by atoms with van der Waals surface area (Å²) < 4.78 is 5.19. The number of esters is 1. The Bertz CT molecular complexity index is 596. The van der Waals surface area contributed by atoms with Crippen LogP contribution in [0.1, 0.15) is 24.2 Å². The fourth-order valence-electron chi connectivity index (χ4n) is 1.67. The van der Waals surface area contributed by atoms with Gasteiger partial charge in [0, 0.05) is 25.0 Å². The Morgan fingerprint density at radius 3 is 2.65 bits per heavy atom. The average Bonchev–Trinajstić information content (AvgIpc) is 2.46. The second-order valence-electron chi connectivity index (χ2n) is 4.42. The lowest BCUT2D eigenvalue weighted by Gasteiger charge is -2.10. The molecule has 20 heavy (non-hydrogen) atoms. The minimum absolute atomic E-state index is 0.194. The summed E-state index contributed by atoms with van der Waals surface area (Å²) in [4.78, 5) is 24.3. The van der Waals surface area contributed by atoms with Gasteiger partial charge in [-0.25, -0.2) is 19.7 Å². The minimum Gasteiger partial charge on any atom is -0.459 e. The van der Waals surface area contributed by atoms with Crippen molar-refractivity contribution in [1.29, 1.82) is 0 Å². The Morgan fingerprint density at radius 1 is 1.25 bits per heavy atom. The lowest BCUT2D eigenvalue weighted by Crippen LogP contribution is -2.13. The number of carbonyl (C=O) groups excluding carboxylic acids is 1. The Labute approximate surface area is 117 Å². The Morgan fingerprint density at radius 2 is 2.05 bits per heavy atom.